The lowest BCUT2D eigenvalue weighted by atomic mass is 9.70. The first kappa shape index (κ1) is 25.2. The van der Waals surface area contributed by atoms with Gasteiger partial charge in [0.2, 0.25) is 0 Å². The standard InChI is InChI=1S/C32H36N2O3/c1-31(2,3)20-15-16-26-23(17-20)29(22-11-7-9-13-25(22)33-26)30(36)37-19-21(35)18-28-32(4,5)24-12-8-10-14-27(24)34(28)6/h7-14,18,20H,15-17,19H2,1-6H3/b28-18-. The number of benzene rings is 2. The second-order valence-corrected chi connectivity index (χ2v) is 12.0. The van der Waals surface area contributed by atoms with Gasteiger partial charge in [0, 0.05) is 41.0 Å². The fourth-order valence-electron chi connectivity index (χ4n) is 6.02. The molecular formula is C32H36N2O3. The molecule has 0 N–H and O–H groups in total. The second kappa shape index (κ2) is 9.13. The third-order valence-electron chi connectivity index (χ3n) is 8.27. The number of hydrogen-bond acceptors (Lipinski definition) is 5. The first-order chi connectivity index (χ1) is 17.5. The van der Waals surface area contributed by atoms with Crippen molar-refractivity contribution >= 4 is 28.3 Å². The topological polar surface area (TPSA) is 59.5 Å². The van der Waals surface area contributed by atoms with Crippen LogP contribution in [0, 0.1) is 11.3 Å². The van der Waals surface area contributed by atoms with E-state index < -0.39 is 5.97 Å². The molecule has 5 rings (SSSR count). The van der Waals surface area contributed by atoms with E-state index in [0.717, 1.165) is 52.8 Å². The highest BCUT2D eigenvalue weighted by Crippen LogP contribution is 2.46. The number of aromatic nitrogens is 1. The van der Waals surface area contributed by atoms with Crippen molar-refractivity contribution in [1.82, 2.24) is 4.98 Å². The minimum atomic E-state index is -0.446. The fourth-order valence-corrected chi connectivity index (χ4v) is 6.02. The normalized spacial score (nSPS) is 19.6. The Hall–Kier alpha value is -3.47. The van der Waals surface area contributed by atoms with Crippen molar-refractivity contribution < 1.29 is 14.3 Å². The predicted octanol–water partition coefficient (Wildman–Crippen LogP) is 6.42. The highest BCUT2D eigenvalue weighted by Gasteiger charge is 2.39. The SMILES string of the molecule is CN1/C(=C\C(=O)COC(=O)c2c3c(nc4ccccc24)CCC(C(C)(C)C)C3)C(C)(C)c2ccccc21. The number of anilines is 1. The van der Waals surface area contributed by atoms with E-state index in [1.807, 2.05) is 43.4 Å². The van der Waals surface area contributed by atoms with Gasteiger partial charge in [-0.15, -0.1) is 0 Å². The van der Waals surface area contributed by atoms with E-state index in [-0.39, 0.29) is 23.2 Å². The molecule has 2 aliphatic rings. The van der Waals surface area contributed by atoms with Gasteiger partial charge in [-0.05, 0) is 53.9 Å². The van der Waals surface area contributed by atoms with Gasteiger partial charge < -0.3 is 9.64 Å². The van der Waals surface area contributed by atoms with Crippen LogP contribution in [-0.2, 0) is 27.8 Å². The number of carbonyl (C=O) groups is 2. The summed E-state index contributed by atoms with van der Waals surface area (Å²) >= 11 is 0. The van der Waals surface area contributed by atoms with Crippen molar-refractivity contribution in [3.05, 3.63) is 82.7 Å². The monoisotopic (exact) mass is 496 g/mol. The molecule has 5 heteroatoms. The Labute approximate surface area is 219 Å². The van der Waals surface area contributed by atoms with Crippen molar-refractivity contribution in [1.29, 1.82) is 0 Å². The number of likely N-dealkylation sites (N-methyl/N-ethyl adjacent to an activating group) is 1. The first-order valence-corrected chi connectivity index (χ1v) is 13.1. The Morgan fingerprint density at radius 3 is 2.54 bits per heavy atom. The van der Waals surface area contributed by atoms with Crippen molar-refractivity contribution in [3.8, 4) is 0 Å². The van der Waals surface area contributed by atoms with Gasteiger partial charge in [0.15, 0.2) is 12.4 Å². The fraction of sp³-hybridized carbons (Fsp3) is 0.406. The van der Waals surface area contributed by atoms with Gasteiger partial charge in [0.1, 0.15) is 0 Å². The molecule has 0 fully saturated rings. The van der Waals surface area contributed by atoms with E-state index in [2.05, 4.69) is 51.7 Å². The molecule has 1 aliphatic heterocycles. The summed E-state index contributed by atoms with van der Waals surface area (Å²) in [4.78, 5) is 33.6. The first-order valence-electron chi connectivity index (χ1n) is 13.1. The molecule has 0 spiro atoms. The van der Waals surface area contributed by atoms with Gasteiger partial charge in [-0.3, -0.25) is 9.78 Å². The van der Waals surface area contributed by atoms with E-state index >= 15 is 0 Å². The third kappa shape index (κ3) is 4.45. The van der Waals surface area contributed by atoms with Crippen LogP contribution in [0.1, 0.15) is 68.2 Å². The Kier molecular flexibility index (Phi) is 6.21. The number of ether oxygens (including phenoxy) is 1. The van der Waals surface area contributed by atoms with Gasteiger partial charge in [-0.2, -0.15) is 0 Å². The van der Waals surface area contributed by atoms with E-state index in [0.29, 0.717) is 11.5 Å². The van der Waals surface area contributed by atoms with Crippen molar-refractivity contribution in [3.63, 3.8) is 0 Å². The lowest BCUT2D eigenvalue weighted by molar-refractivity contribution is -0.117. The Balaban J connectivity index is 1.42. The molecule has 3 aromatic rings. The van der Waals surface area contributed by atoms with Crippen LogP contribution in [0.2, 0.25) is 0 Å². The molecule has 0 bridgehead atoms. The molecule has 0 amide bonds. The molecular weight excluding hydrogens is 460 g/mol. The van der Waals surface area contributed by atoms with E-state index in [4.69, 9.17) is 9.72 Å². The summed E-state index contributed by atoms with van der Waals surface area (Å²) < 4.78 is 5.70. The number of carbonyl (C=O) groups excluding carboxylic acids is 2. The number of rotatable bonds is 4. The molecule has 1 unspecified atom stereocenters. The summed E-state index contributed by atoms with van der Waals surface area (Å²) in [5.41, 5.74) is 6.30. The minimum absolute atomic E-state index is 0.129. The molecule has 0 radical (unpaired) electrons. The number of esters is 1. The maximum atomic E-state index is 13.6. The third-order valence-corrected chi connectivity index (χ3v) is 8.27. The molecule has 0 saturated heterocycles. The number of aryl methyl sites for hydroxylation is 1. The smallest absolute Gasteiger partial charge is 0.339 e. The summed E-state index contributed by atoms with van der Waals surface area (Å²) in [5, 5.41) is 0.790. The van der Waals surface area contributed by atoms with E-state index in [1.165, 1.54) is 5.56 Å². The van der Waals surface area contributed by atoms with Gasteiger partial charge in [0.05, 0.1) is 11.1 Å². The molecule has 5 nitrogen and oxygen atoms in total. The van der Waals surface area contributed by atoms with Gasteiger partial charge in [-0.25, -0.2) is 4.79 Å². The summed E-state index contributed by atoms with van der Waals surface area (Å²) in [5.74, 6) is -0.225. The number of nitrogens with zero attached hydrogens (tertiary/aromatic N) is 2. The van der Waals surface area contributed by atoms with Crippen molar-refractivity contribution in [2.24, 2.45) is 11.3 Å². The maximum absolute atomic E-state index is 13.6. The van der Waals surface area contributed by atoms with Crippen LogP contribution in [0.15, 0.2) is 60.3 Å². The average molecular weight is 497 g/mol. The maximum Gasteiger partial charge on any atom is 0.339 e. The van der Waals surface area contributed by atoms with E-state index in [1.54, 1.807) is 6.08 Å². The molecule has 2 aromatic carbocycles. The highest BCUT2D eigenvalue weighted by atomic mass is 16.5. The number of fused-ring (bicyclic) bond motifs is 3. The summed E-state index contributed by atoms with van der Waals surface area (Å²) in [6.45, 7) is 10.7. The number of ketones is 1. The molecule has 0 saturated carbocycles. The van der Waals surface area contributed by atoms with Crippen LogP contribution in [0.4, 0.5) is 5.69 Å². The zero-order valence-corrected chi connectivity index (χ0v) is 22.7. The van der Waals surface area contributed by atoms with Crippen molar-refractivity contribution in [2.75, 3.05) is 18.6 Å². The number of allylic oxidation sites excluding steroid dienone is 1. The Morgan fingerprint density at radius 1 is 1.11 bits per heavy atom. The average Bonchev–Trinajstić information content (AvgIpc) is 3.05. The molecule has 1 aliphatic carbocycles. The second-order valence-electron chi connectivity index (χ2n) is 12.0. The lowest BCUT2D eigenvalue weighted by Crippen LogP contribution is -2.29. The van der Waals surface area contributed by atoms with Crippen LogP contribution in [-0.4, -0.2) is 30.4 Å². The number of pyridine rings is 1. The molecule has 2 heterocycles. The molecule has 192 valence electrons. The highest BCUT2D eigenvalue weighted by molar-refractivity contribution is 6.06. The van der Waals surface area contributed by atoms with Crippen LogP contribution in [0.5, 0.6) is 0 Å². The van der Waals surface area contributed by atoms with Gasteiger partial charge in [-0.1, -0.05) is 71.0 Å². The largest absolute Gasteiger partial charge is 0.454 e. The Bertz CT molecular complexity index is 1430. The Morgan fingerprint density at radius 2 is 1.81 bits per heavy atom. The number of para-hydroxylation sites is 2. The lowest BCUT2D eigenvalue weighted by Gasteiger charge is -2.35. The summed E-state index contributed by atoms with van der Waals surface area (Å²) in [7, 11) is 1.97. The van der Waals surface area contributed by atoms with Crippen LogP contribution < -0.4 is 4.90 Å². The predicted molar refractivity (Wildman–Crippen MR) is 148 cm³/mol. The molecule has 1 aromatic heterocycles. The zero-order chi connectivity index (χ0) is 26.5. The van der Waals surface area contributed by atoms with Crippen LogP contribution in [0.25, 0.3) is 10.9 Å². The van der Waals surface area contributed by atoms with Gasteiger partial charge >= 0.3 is 5.97 Å². The van der Waals surface area contributed by atoms with Crippen LogP contribution in [0.3, 0.4) is 0 Å². The zero-order valence-electron chi connectivity index (χ0n) is 22.7. The minimum Gasteiger partial charge on any atom is -0.454 e. The van der Waals surface area contributed by atoms with Crippen LogP contribution >= 0.6 is 0 Å². The molecule has 37 heavy (non-hydrogen) atoms. The van der Waals surface area contributed by atoms with E-state index in [9.17, 15) is 9.59 Å². The number of hydrogen-bond donors (Lipinski definition) is 0. The van der Waals surface area contributed by atoms with Crippen molar-refractivity contribution in [2.45, 2.75) is 59.3 Å². The quantitative estimate of drug-likeness (QED) is 0.308. The summed E-state index contributed by atoms with van der Waals surface area (Å²) in [6, 6.07) is 15.9. The summed E-state index contributed by atoms with van der Waals surface area (Å²) in [6.07, 6.45) is 4.31. The van der Waals surface area contributed by atoms with Gasteiger partial charge in [0.25, 0.3) is 0 Å². The molecule has 1 atom stereocenters.